The first kappa shape index (κ1) is 11.3. The number of carbonyl (C=O) groups excluding carboxylic acids is 1. The van der Waals surface area contributed by atoms with Crippen molar-refractivity contribution in [1.82, 2.24) is 9.47 Å². The third-order valence-electron chi connectivity index (χ3n) is 4.01. The van der Waals surface area contributed by atoms with Gasteiger partial charge < -0.3 is 9.47 Å². The molecular weight excluding hydrogens is 224 g/mol. The van der Waals surface area contributed by atoms with E-state index in [1.807, 2.05) is 4.90 Å². The maximum atomic E-state index is 11.5. The average molecular weight is 242 g/mol. The van der Waals surface area contributed by atoms with Gasteiger partial charge in [-0.2, -0.15) is 0 Å². The van der Waals surface area contributed by atoms with Crippen LogP contribution in [0.2, 0.25) is 0 Å². The molecule has 0 fully saturated rings. The number of rotatable bonds is 0. The summed E-state index contributed by atoms with van der Waals surface area (Å²) in [4.78, 5) is 13.5. The third-order valence-corrected chi connectivity index (χ3v) is 4.01. The Balaban J connectivity index is 2.19. The molecule has 0 saturated carbocycles. The van der Waals surface area contributed by atoms with Crippen molar-refractivity contribution in [2.45, 2.75) is 26.8 Å². The molecule has 94 valence electrons. The minimum Gasteiger partial charge on any atom is -0.347 e. The first-order valence-electron chi connectivity index (χ1n) is 6.40. The number of hydrogen-bond acceptors (Lipinski definition) is 1. The van der Waals surface area contributed by atoms with Gasteiger partial charge in [0.1, 0.15) is 0 Å². The van der Waals surface area contributed by atoms with Crippen molar-refractivity contribution in [3.63, 3.8) is 0 Å². The highest BCUT2D eigenvalue weighted by molar-refractivity contribution is 5.87. The van der Waals surface area contributed by atoms with Crippen LogP contribution in [0.5, 0.6) is 0 Å². The van der Waals surface area contributed by atoms with Gasteiger partial charge in [-0.05, 0) is 18.6 Å². The van der Waals surface area contributed by atoms with Crippen LogP contribution in [0.25, 0.3) is 10.9 Å². The predicted octanol–water partition coefficient (Wildman–Crippen LogP) is 2.39. The summed E-state index contributed by atoms with van der Waals surface area (Å²) in [5.41, 5.74) is 5.27. The first-order chi connectivity index (χ1) is 8.58. The smallest absolute Gasteiger partial charge is 0.219 e. The molecule has 1 aromatic carbocycles. The number of nitrogens with zero attached hydrogens (tertiary/aromatic N) is 2. The molecule has 1 aliphatic rings. The van der Waals surface area contributed by atoms with E-state index in [1.165, 1.54) is 27.7 Å². The normalized spacial score (nSPS) is 14.9. The van der Waals surface area contributed by atoms with Crippen LogP contribution < -0.4 is 0 Å². The van der Waals surface area contributed by atoms with Gasteiger partial charge in [0.15, 0.2) is 0 Å². The van der Waals surface area contributed by atoms with Gasteiger partial charge in [0.25, 0.3) is 0 Å². The van der Waals surface area contributed by atoms with E-state index in [4.69, 9.17) is 0 Å². The predicted molar refractivity (Wildman–Crippen MR) is 72.5 cm³/mol. The van der Waals surface area contributed by atoms with E-state index < -0.39 is 0 Å². The van der Waals surface area contributed by atoms with Gasteiger partial charge in [0.2, 0.25) is 5.91 Å². The summed E-state index contributed by atoms with van der Waals surface area (Å²) < 4.78 is 2.29. The van der Waals surface area contributed by atoms with Crippen molar-refractivity contribution >= 4 is 16.8 Å². The molecular formula is C15H18N2O. The quantitative estimate of drug-likeness (QED) is 0.696. The van der Waals surface area contributed by atoms with Gasteiger partial charge in [-0.1, -0.05) is 12.1 Å². The molecule has 3 nitrogen and oxygen atoms in total. The van der Waals surface area contributed by atoms with Crippen molar-refractivity contribution in [2.75, 3.05) is 6.54 Å². The highest BCUT2D eigenvalue weighted by Crippen LogP contribution is 2.30. The van der Waals surface area contributed by atoms with E-state index in [9.17, 15) is 4.79 Å². The monoisotopic (exact) mass is 242 g/mol. The summed E-state index contributed by atoms with van der Waals surface area (Å²) in [6, 6.07) is 6.56. The van der Waals surface area contributed by atoms with Crippen LogP contribution in [0.3, 0.4) is 0 Å². The molecule has 3 heteroatoms. The number of benzene rings is 1. The van der Waals surface area contributed by atoms with Crippen LogP contribution in [0, 0.1) is 6.92 Å². The van der Waals surface area contributed by atoms with Crippen molar-refractivity contribution in [3.05, 3.63) is 35.0 Å². The summed E-state index contributed by atoms with van der Waals surface area (Å²) >= 11 is 0. The minimum absolute atomic E-state index is 0.171. The topological polar surface area (TPSA) is 25.2 Å². The van der Waals surface area contributed by atoms with E-state index in [2.05, 4.69) is 36.7 Å². The maximum absolute atomic E-state index is 11.5. The van der Waals surface area contributed by atoms with Crippen LogP contribution in [0.15, 0.2) is 18.2 Å². The van der Waals surface area contributed by atoms with E-state index in [0.717, 1.165) is 19.5 Å². The summed E-state index contributed by atoms with van der Waals surface area (Å²) in [5, 5.41) is 1.30. The Hall–Kier alpha value is -1.77. The lowest BCUT2D eigenvalue weighted by Crippen LogP contribution is -2.34. The fraction of sp³-hybridized carbons (Fsp3) is 0.400. The molecule has 0 radical (unpaired) electrons. The Morgan fingerprint density at radius 1 is 1.33 bits per heavy atom. The van der Waals surface area contributed by atoms with E-state index in [-0.39, 0.29) is 5.91 Å². The number of aromatic nitrogens is 1. The van der Waals surface area contributed by atoms with Crippen LogP contribution in [0.4, 0.5) is 0 Å². The molecule has 1 aliphatic heterocycles. The van der Waals surface area contributed by atoms with Crippen LogP contribution in [-0.2, 0) is 24.8 Å². The van der Waals surface area contributed by atoms with Gasteiger partial charge in [0, 0.05) is 55.6 Å². The number of amides is 1. The number of hydrogen-bond donors (Lipinski definition) is 0. The second-order valence-corrected chi connectivity index (χ2v) is 5.20. The lowest BCUT2D eigenvalue weighted by molar-refractivity contribution is -0.129. The molecule has 0 bridgehead atoms. The largest absolute Gasteiger partial charge is 0.347 e. The van der Waals surface area contributed by atoms with Gasteiger partial charge in [-0.25, -0.2) is 0 Å². The number of aryl methyl sites for hydroxylation is 2. The lowest BCUT2D eigenvalue weighted by atomic mass is 10.0. The van der Waals surface area contributed by atoms with Crippen molar-refractivity contribution < 1.29 is 4.79 Å². The van der Waals surface area contributed by atoms with Crippen molar-refractivity contribution in [2.24, 2.45) is 7.05 Å². The Morgan fingerprint density at radius 3 is 2.83 bits per heavy atom. The Morgan fingerprint density at radius 2 is 2.11 bits per heavy atom. The molecule has 1 aromatic heterocycles. The summed E-state index contributed by atoms with van der Waals surface area (Å²) in [7, 11) is 2.13. The SMILES string of the molecule is CC(=O)N1CCc2c(c3ccc(C)cc3n2C)C1. The van der Waals surface area contributed by atoms with Crippen LogP contribution in [-0.4, -0.2) is 21.9 Å². The summed E-state index contributed by atoms with van der Waals surface area (Å²) in [5.74, 6) is 0.171. The molecule has 18 heavy (non-hydrogen) atoms. The number of fused-ring (bicyclic) bond motifs is 3. The molecule has 0 atom stereocenters. The molecule has 1 amide bonds. The second-order valence-electron chi connectivity index (χ2n) is 5.20. The summed E-state index contributed by atoms with van der Waals surface area (Å²) in [6.07, 6.45) is 0.957. The Labute approximate surface area is 107 Å². The fourth-order valence-electron chi connectivity index (χ4n) is 2.95. The second kappa shape index (κ2) is 3.87. The number of carbonyl (C=O) groups is 1. The van der Waals surface area contributed by atoms with Gasteiger partial charge in [-0.15, -0.1) is 0 Å². The first-order valence-corrected chi connectivity index (χ1v) is 6.40. The average Bonchev–Trinajstić information content (AvgIpc) is 2.62. The molecule has 0 N–H and O–H groups in total. The molecule has 0 saturated heterocycles. The molecule has 2 aromatic rings. The van der Waals surface area contributed by atoms with E-state index >= 15 is 0 Å². The Kier molecular flexibility index (Phi) is 2.44. The minimum atomic E-state index is 0.171. The van der Waals surface area contributed by atoms with Crippen molar-refractivity contribution in [1.29, 1.82) is 0 Å². The zero-order valence-corrected chi connectivity index (χ0v) is 11.2. The van der Waals surface area contributed by atoms with Gasteiger partial charge >= 0.3 is 0 Å². The summed E-state index contributed by atoms with van der Waals surface area (Å²) in [6.45, 7) is 5.37. The van der Waals surface area contributed by atoms with Gasteiger partial charge in [0.05, 0.1) is 0 Å². The molecule has 0 aliphatic carbocycles. The van der Waals surface area contributed by atoms with Gasteiger partial charge in [-0.3, -0.25) is 4.79 Å². The standard InChI is InChI=1S/C15H18N2O/c1-10-4-5-12-13-9-17(11(2)18)7-6-14(13)16(3)15(12)8-10/h4-5,8H,6-7,9H2,1-3H3. The van der Waals surface area contributed by atoms with E-state index in [1.54, 1.807) is 6.92 Å². The molecule has 0 unspecified atom stereocenters. The Bertz CT molecular complexity index is 639. The van der Waals surface area contributed by atoms with Crippen LogP contribution in [0.1, 0.15) is 23.7 Å². The molecule has 2 heterocycles. The zero-order valence-electron chi connectivity index (χ0n) is 11.2. The highest BCUT2D eigenvalue weighted by atomic mass is 16.2. The third kappa shape index (κ3) is 1.54. The zero-order chi connectivity index (χ0) is 12.9. The van der Waals surface area contributed by atoms with E-state index in [0.29, 0.717) is 0 Å². The lowest BCUT2D eigenvalue weighted by Gasteiger charge is -2.26. The molecule has 0 spiro atoms. The fourth-order valence-corrected chi connectivity index (χ4v) is 2.95. The maximum Gasteiger partial charge on any atom is 0.219 e. The molecule has 3 rings (SSSR count). The van der Waals surface area contributed by atoms with Crippen LogP contribution >= 0.6 is 0 Å². The highest BCUT2D eigenvalue weighted by Gasteiger charge is 2.23. The van der Waals surface area contributed by atoms with Crippen molar-refractivity contribution in [3.8, 4) is 0 Å².